The standard InChI is InChI=1S/C10H22O3Si/c1-6-14(7-2,8-3)13-10(11)12-9(4)5/h9H,6-8H2,1-5H3. The van der Waals surface area contributed by atoms with Crippen molar-refractivity contribution in [2.24, 2.45) is 0 Å². The molecule has 0 radical (unpaired) electrons. The van der Waals surface area contributed by atoms with Crippen LogP contribution in [0, 0.1) is 0 Å². The number of hydrogen-bond acceptors (Lipinski definition) is 3. The number of carbonyl (C=O) groups excluding carboxylic acids is 1. The van der Waals surface area contributed by atoms with Crippen LogP contribution in [0.2, 0.25) is 18.1 Å². The summed E-state index contributed by atoms with van der Waals surface area (Å²) >= 11 is 0. The van der Waals surface area contributed by atoms with E-state index < -0.39 is 14.5 Å². The SMILES string of the molecule is CC[Si](CC)(CC)OC(=O)OC(C)C. The quantitative estimate of drug-likeness (QED) is 0.523. The molecule has 84 valence electrons. The highest BCUT2D eigenvalue weighted by molar-refractivity contribution is 6.74. The molecule has 0 aromatic rings. The molecule has 0 saturated carbocycles. The van der Waals surface area contributed by atoms with Gasteiger partial charge in [0.05, 0.1) is 6.10 Å². The molecule has 3 nitrogen and oxygen atoms in total. The Kier molecular flexibility index (Phi) is 5.84. The highest BCUT2D eigenvalue weighted by atomic mass is 28.4. The molecule has 0 atom stereocenters. The van der Waals surface area contributed by atoms with Gasteiger partial charge in [0.25, 0.3) is 8.32 Å². The van der Waals surface area contributed by atoms with Crippen LogP contribution in [0.5, 0.6) is 0 Å². The van der Waals surface area contributed by atoms with Gasteiger partial charge in [0.1, 0.15) is 0 Å². The summed E-state index contributed by atoms with van der Waals surface area (Å²) in [6.07, 6.45) is -0.586. The Balaban J connectivity index is 4.22. The van der Waals surface area contributed by atoms with Crippen molar-refractivity contribution in [3.05, 3.63) is 0 Å². The predicted molar refractivity (Wildman–Crippen MR) is 59.9 cm³/mol. The van der Waals surface area contributed by atoms with Crippen LogP contribution in [0.25, 0.3) is 0 Å². The Morgan fingerprint density at radius 2 is 1.57 bits per heavy atom. The van der Waals surface area contributed by atoms with E-state index in [0.29, 0.717) is 0 Å². The minimum Gasteiger partial charge on any atom is -0.489 e. The zero-order valence-electron chi connectivity index (χ0n) is 9.92. The molecule has 0 amide bonds. The summed E-state index contributed by atoms with van der Waals surface area (Å²) in [5.74, 6) is 0. The Morgan fingerprint density at radius 1 is 1.14 bits per heavy atom. The summed E-state index contributed by atoms with van der Waals surface area (Å²) in [7, 11) is -1.82. The van der Waals surface area contributed by atoms with Crippen molar-refractivity contribution in [1.29, 1.82) is 0 Å². The van der Waals surface area contributed by atoms with E-state index in [0.717, 1.165) is 18.1 Å². The molecule has 14 heavy (non-hydrogen) atoms. The molecular weight excluding hydrogens is 196 g/mol. The van der Waals surface area contributed by atoms with Gasteiger partial charge in [-0.25, -0.2) is 4.79 Å². The van der Waals surface area contributed by atoms with Gasteiger partial charge >= 0.3 is 6.16 Å². The van der Waals surface area contributed by atoms with Crippen LogP contribution in [-0.4, -0.2) is 20.6 Å². The third kappa shape index (κ3) is 4.13. The van der Waals surface area contributed by atoms with Crippen LogP contribution in [0.15, 0.2) is 0 Å². The van der Waals surface area contributed by atoms with E-state index in [4.69, 9.17) is 9.16 Å². The fraction of sp³-hybridized carbons (Fsp3) is 0.900. The predicted octanol–water partition coefficient (Wildman–Crippen LogP) is 3.55. The molecule has 0 N–H and O–H groups in total. The van der Waals surface area contributed by atoms with Crippen molar-refractivity contribution in [2.75, 3.05) is 0 Å². The molecule has 0 fully saturated rings. The lowest BCUT2D eigenvalue weighted by molar-refractivity contribution is 0.0697. The summed E-state index contributed by atoms with van der Waals surface area (Å²) in [6, 6.07) is 2.90. The van der Waals surface area contributed by atoms with Crippen molar-refractivity contribution in [1.82, 2.24) is 0 Å². The molecule has 0 aromatic heterocycles. The largest absolute Gasteiger partial charge is 0.494 e. The molecule has 4 heteroatoms. The van der Waals surface area contributed by atoms with Crippen molar-refractivity contribution in [3.8, 4) is 0 Å². The second-order valence-corrected chi connectivity index (χ2v) is 8.45. The summed E-state index contributed by atoms with van der Waals surface area (Å²) in [6.45, 7) is 9.91. The summed E-state index contributed by atoms with van der Waals surface area (Å²) in [5, 5.41) is 0. The molecule has 0 spiro atoms. The highest BCUT2D eigenvalue weighted by Crippen LogP contribution is 2.22. The molecule has 0 saturated heterocycles. The molecule has 0 rings (SSSR count). The van der Waals surface area contributed by atoms with Crippen LogP contribution < -0.4 is 0 Å². The van der Waals surface area contributed by atoms with Crippen LogP contribution >= 0.6 is 0 Å². The van der Waals surface area contributed by atoms with Gasteiger partial charge in [0, 0.05) is 0 Å². The Bertz CT molecular complexity index is 168. The van der Waals surface area contributed by atoms with Gasteiger partial charge in [0.15, 0.2) is 0 Å². The van der Waals surface area contributed by atoms with Crippen LogP contribution in [0.3, 0.4) is 0 Å². The number of carbonyl (C=O) groups is 1. The van der Waals surface area contributed by atoms with Crippen molar-refractivity contribution in [3.63, 3.8) is 0 Å². The van der Waals surface area contributed by atoms with Crippen molar-refractivity contribution >= 4 is 14.5 Å². The third-order valence-corrected chi connectivity index (χ3v) is 7.03. The van der Waals surface area contributed by atoms with Crippen LogP contribution in [0.4, 0.5) is 4.79 Å². The van der Waals surface area contributed by atoms with Gasteiger partial charge in [-0.1, -0.05) is 20.8 Å². The molecule has 0 heterocycles. The molecule has 0 aliphatic heterocycles. The first kappa shape index (κ1) is 13.5. The average Bonchev–Trinajstić information content (AvgIpc) is 2.13. The van der Waals surface area contributed by atoms with E-state index in [-0.39, 0.29) is 6.10 Å². The van der Waals surface area contributed by atoms with Gasteiger partial charge in [-0.05, 0) is 32.0 Å². The second kappa shape index (κ2) is 6.06. The number of hydrogen-bond donors (Lipinski definition) is 0. The van der Waals surface area contributed by atoms with Gasteiger partial charge in [-0.3, -0.25) is 0 Å². The van der Waals surface area contributed by atoms with E-state index in [1.54, 1.807) is 0 Å². The molecule has 0 bridgehead atoms. The van der Waals surface area contributed by atoms with Gasteiger partial charge in [0.2, 0.25) is 0 Å². The number of rotatable bonds is 5. The minimum atomic E-state index is -1.82. The highest BCUT2D eigenvalue weighted by Gasteiger charge is 2.33. The lowest BCUT2D eigenvalue weighted by Crippen LogP contribution is -2.38. The first-order chi connectivity index (χ1) is 6.49. The molecule has 0 unspecified atom stereocenters. The smallest absolute Gasteiger partial charge is 0.489 e. The first-order valence-electron chi connectivity index (χ1n) is 5.39. The summed E-state index contributed by atoms with van der Waals surface area (Å²) < 4.78 is 10.5. The second-order valence-electron chi connectivity index (χ2n) is 3.76. The zero-order chi connectivity index (χ0) is 11.2. The maximum Gasteiger partial charge on any atom is 0.494 e. The topological polar surface area (TPSA) is 35.5 Å². The fourth-order valence-electron chi connectivity index (χ4n) is 1.36. The van der Waals surface area contributed by atoms with Gasteiger partial charge < -0.3 is 9.16 Å². The summed E-state index contributed by atoms with van der Waals surface area (Å²) in [4.78, 5) is 11.3. The van der Waals surface area contributed by atoms with Crippen LogP contribution in [0.1, 0.15) is 34.6 Å². The molecular formula is C10H22O3Si. The lowest BCUT2D eigenvalue weighted by atomic mass is 10.5. The average molecular weight is 218 g/mol. The maximum atomic E-state index is 11.3. The monoisotopic (exact) mass is 218 g/mol. The van der Waals surface area contributed by atoms with E-state index in [2.05, 4.69) is 20.8 Å². The summed E-state index contributed by atoms with van der Waals surface area (Å²) in [5.41, 5.74) is 0. The first-order valence-corrected chi connectivity index (χ1v) is 7.92. The molecule has 0 aliphatic rings. The van der Waals surface area contributed by atoms with E-state index >= 15 is 0 Å². The molecule has 0 aliphatic carbocycles. The zero-order valence-corrected chi connectivity index (χ0v) is 10.9. The fourth-order valence-corrected chi connectivity index (χ4v) is 3.69. The van der Waals surface area contributed by atoms with E-state index in [1.807, 2.05) is 13.8 Å². The number of ether oxygens (including phenoxy) is 1. The normalized spacial score (nSPS) is 11.6. The maximum absolute atomic E-state index is 11.3. The Hall–Kier alpha value is -0.513. The Morgan fingerprint density at radius 3 is 1.86 bits per heavy atom. The third-order valence-electron chi connectivity index (χ3n) is 2.56. The molecule has 0 aromatic carbocycles. The van der Waals surface area contributed by atoms with Gasteiger partial charge in [-0.2, -0.15) is 0 Å². The Labute approximate surface area is 87.9 Å². The van der Waals surface area contributed by atoms with Crippen LogP contribution in [-0.2, 0) is 9.16 Å². The lowest BCUT2D eigenvalue weighted by Gasteiger charge is -2.27. The van der Waals surface area contributed by atoms with Crippen molar-refractivity contribution < 1.29 is 14.0 Å². The van der Waals surface area contributed by atoms with E-state index in [9.17, 15) is 4.79 Å². The van der Waals surface area contributed by atoms with Crippen molar-refractivity contribution in [2.45, 2.75) is 58.9 Å². The van der Waals surface area contributed by atoms with Gasteiger partial charge in [-0.15, -0.1) is 0 Å². The minimum absolute atomic E-state index is 0.0974. The van der Waals surface area contributed by atoms with E-state index in [1.165, 1.54) is 0 Å².